The van der Waals surface area contributed by atoms with Crippen molar-refractivity contribution in [1.29, 1.82) is 0 Å². The molecule has 1 atom stereocenters. The number of hydrogen-bond donors (Lipinski definition) is 1. The summed E-state index contributed by atoms with van der Waals surface area (Å²) in [7, 11) is 0. The molecule has 0 aromatic heterocycles. The van der Waals surface area contributed by atoms with Crippen molar-refractivity contribution in [2.24, 2.45) is 11.7 Å². The lowest BCUT2D eigenvalue weighted by atomic mass is 9.81. The van der Waals surface area contributed by atoms with Crippen molar-refractivity contribution in [3.63, 3.8) is 0 Å². The zero-order valence-electron chi connectivity index (χ0n) is 10.5. The fourth-order valence-electron chi connectivity index (χ4n) is 3.02. The molecule has 1 aliphatic rings. The fraction of sp³-hybridized carbons (Fsp3) is 0.600. The molecule has 1 heteroatoms. The summed E-state index contributed by atoms with van der Waals surface area (Å²) in [5, 5.41) is 0. The lowest BCUT2D eigenvalue weighted by Crippen LogP contribution is -2.36. The maximum atomic E-state index is 6.62. The third-order valence-corrected chi connectivity index (χ3v) is 4.20. The Bertz CT molecular complexity index is 354. The second-order valence-corrected chi connectivity index (χ2v) is 5.20. The van der Waals surface area contributed by atoms with E-state index in [1.807, 2.05) is 0 Å². The van der Waals surface area contributed by atoms with Crippen LogP contribution in [-0.2, 0) is 12.0 Å². The highest BCUT2D eigenvalue weighted by Crippen LogP contribution is 2.40. The zero-order valence-corrected chi connectivity index (χ0v) is 10.5. The minimum absolute atomic E-state index is 0.0483. The molecule has 1 aliphatic carbocycles. The van der Waals surface area contributed by atoms with Gasteiger partial charge in [-0.15, -0.1) is 0 Å². The fourth-order valence-corrected chi connectivity index (χ4v) is 3.02. The highest BCUT2D eigenvalue weighted by molar-refractivity contribution is 5.38. The maximum Gasteiger partial charge on any atom is 0.0418 e. The second-order valence-electron chi connectivity index (χ2n) is 5.20. The average Bonchev–Trinajstić information content (AvgIpc) is 2.65. The molecule has 1 unspecified atom stereocenters. The number of fused-ring (bicyclic) bond motifs is 1. The molecular formula is C15H23N. The first-order valence-corrected chi connectivity index (χ1v) is 6.57. The lowest BCUT2D eigenvalue weighted by molar-refractivity contribution is 0.306. The highest BCUT2D eigenvalue weighted by Gasteiger charge is 2.35. The van der Waals surface area contributed by atoms with Crippen LogP contribution in [0.1, 0.15) is 50.7 Å². The molecule has 0 spiro atoms. The Labute approximate surface area is 99.0 Å². The highest BCUT2D eigenvalue weighted by atomic mass is 14.8. The molecule has 0 saturated carbocycles. The molecule has 1 nitrogen and oxygen atoms in total. The van der Waals surface area contributed by atoms with E-state index in [1.165, 1.54) is 24.0 Å². The molecule has 1 aromatic carbocycles. The molecule has 0 bridgehead atoms. The van der Waals surface area contributed by atoms with Gasteiger partial charge in [0, 0.05) is 5.54 Å². The van der Waals surface area contributed by atoms with E-state index < -0.39 is 0 Å². The van der Waals surface area contributed by atoms with E-state index in [-0.39, 0.29) is 5.54 Å². The smallest absolute Gasteiger partial charge is 0.0418 e. The summed E-state index contributed by atoms with van der Waals surface area (Å²) in [4.78, 5) is 0. The topological polar surface area (TPSA) is 26.0 Å². The third-order valence-electron chi connectivity index (χ3n) is 4.20. The standard InChI is InChI=1S/C15H23N/c1-3-12(4-2)11-15(16)10-9-13-7-5-6-8-14(13)15/h5-8,12H,3-4,9-11,16H2,1-2H3. The van der Waals surface area contributed by atoms with E-state index in [2.05, 4.69) is 38.1 Å². The molecular weight excluding hydrogens is 194 g/mol. The molecule has 88 valence electrons. The van der Waals surface area contributed by atoms with Gasteiger partial charge < -0.3 is 5.73 Å². The summed E-state index contributed by atoms with van der Waals surface area (Å²) in [5.74, 6) is 0.774. The van der Waals surface area contributed by atoms with Crippen LogP contribution in [-0.4, -0.2) is 0 Å². The van der Waals surface area contributed by atoms with E-state index in [4.69, 9.17) is 5.73 Å². The summed E-state index contributed by atoms with van der Waals surface area (Å²) in [6, 6.07) is 8.71. The second kappa shape index (κ2) is 4.58. The normalized spacial score (nSPS) is 23.8. The van der Waals surface area contributed by atoms with Gasteiger partial charge in [0.2, 0.25) is 0 Å². The van der Waals surface area contributed by atoms with Crippen LogP contribution in [0.5, 0.6) is 0 Å². The molecule has 0 fully saturated rings. The molecule has 16 heavy (non-hydrogen) atoms. The Morgan fingerprint density at radius 1 is 1.25 bits per heavy atom. The van der Waals surface area contributed by atoms with Crippen LogP contribution in [0.25, 0.3) is 0 Å². The largest absolute Gasteiger partial charge is 0.321 e. The molecule has 0 amide bonds. The Morgan fingerprint density at radius 2 is 1.94 bits per heavy atom. The quantitative estimate of drug-likeness (QED) is 0.819. The van der Waals surface area contributed by atoms with Gasteiger partial charge in [-0.05, 0) is 36.3 Å². The van der Waals surface area contributed by atoms with Crippen LogP contribution >= 0.6 is 0 Å². The molecule has 0 radical (unpaired) electrons. The van der Waals surface area contributed by atoms with Gasteiger partial charge in [-0.2, -0.15) is 0 Å². The Hall–Kier alpha value is -0.820. The van der Waals surface area contributed by atoms with E-state index in [0.29, 0.717) is 0 Å². The number of aryl methyl sites for hydroxylation is 1. The van der Waals surface area contributed by atoms with Gasteiger partial charge in [-0.3, -0.25) is 0 Å². The SMILES string of the molecule is CCC(CC)CC1(N)CCc2ccccc21. The van der Waals surface area contributed by atoms with Crippen molar-refractivity contribution >= 4 is 0 Å². The molecule has 0 heterocycles. The number of rotatable bonds is 4. The van der Waals surface area contributed by atoms with Crippen LogP contribution in [0.15, 0.2) is 24.3 Å². The predicted octanol–water partition coefficient (Wildman–Crippen LogP) is 3.61. The van der Waals surface area contributed by atoms with E-state index in [9.17, 15) is 0 Å². The zero-order chi connectivity index (χ0) is 11.6. The van der Waals surface area contributed by atoms with Gasteiger partial charge in [-0.1, -0.05) is 51.0 Å². The van der Waals surface area contributed by atoms with Crippen molar-refractivity contribution in [3.8, 4) is 0 Å². The number of nitrogens with two attached hydrogens (primary N) is 1. The van der Waals surface area contributed by atoms with Crippen LogP contribution in [0.3, 0.4) is 0 Å². The minimum atomic E-state index is -0.0483. The predicted molar refractivity (Wildman–Crippen MR) is 69.3 cm³/mol. The Kier molecular flexibility index (Phi) is 3.34. The van der Waals surface area contributed by atoms with E-state index in [1.54, 1.807) is 0 Å². The number of benzene rings is 1. The average molecular weight is 217 g/mol. The molecule has 0 aliphatic heterocycles. The minimum Gasteiger partial charge on any atom is -0.321 e. The van der Waals surface area contributed by atoms with Crippen molar-refractivity contribution in [2.45, 2.75) is 51.5 Å². The van der Waals surface area contributed by atoms with Gasteiger partial charge in [0.1, 0.15) is 0 Å². The number of hydrogen-bond acceptors (Lipinski definition) is 1. The summed E-state index contributed by atoms with van der Waals surface area (Å²) < 4.78 is 0. The Balaban J connectivity index is 2.21. The molecule has 1 aromatic rings. The van der Waals surface area contributed by atoms with Gasteiger partial charge in [-0.25, -0.2) is 0 Å². The van der Waals surface area contributed by atoms with Crippen LogP contribution < -0.4 is 5.73 Å². The lowest BCUT2D eigenvalue weighted by Gasteiger charge is -2.29. The molecule has 2 N–H and O–H groups in total. The van der Waals surface area contributed by atoms with Crippen LogP contribution in [0, 0.1) is 5.92 Å². The molecule has 2 rings (SSSR count). The summed E-state index contributed by atoms with van der Waals surface area (Å²) in [6.45, 7) is 4.55. The maximum absolute atomic E-state index is 6.62. The first kappa shape index (κ1) is 11.7. The Morgan fingerprint density at radius 3 is 2.62 bits per heavy atom. The van der Waals surface area contributed by atoms with Gasteiger partial charge in [0.15, 0.2) is 0 Å². The summed E-state index contributed by atoms with van der Waals surface area (Å²) >= 11 is 0. The first-order chi connectivity index (χ1) is 7.69. The molecule has 0 saturated heterocycles. The van der Waals surface area contributed by atoms with Crippen molar-refractivity contribution in [2.75, 3.05) is 0 Å². The van der Waals surface area contributed by atoms with Gasteiger partial charge in [0.05, 0.1) is 0 Å². The van der Waals surface area contributed by atoms with Crippen molar-refractivity contribution in [3.05, 3.63) is 35.4 Å². The first-order valence-electron chi connectivity index (χ1n) is 6.57. The van der Waals surface area contributed by atoms with Crippen molar-refractivity contribution in [1.82, 2.24) is 0 Å². The van der Waals surface area contributed by atoms with Crippen LogP contribution in [0.2, 0.25) is 0 Å². The van der Waals surface area contributed by atoms with E-state index in [0.717, 1.165) is 25.2 Å². The van der Waals surface area contributed by atoms with Gasteiger partial charge >= 0.3 is 0 Å². The summed E-state index contributed by atoms with van der Waals surface area (Å²) in [5.41, 5.74) is 9.45. The van der Waals surface area contributed by atoms with Crippen molar-refractivity contribution < 1.29 is 0 Å². The van der Waals surface area contributed by atoms with E-state index >= 15 is 0 Å². The van der Waals surface area contributed by atoms with Crippen LogP contribution in [0.4, 0.5) is 0 Å². The monoisotopic (exact) mass is 217 g/mol. The van der Waals surface area contributed by atoms with Gasteiger partial charge in [0.25, 0.3) is 0 Å². The third kappa shape index (κ3) is 2.01. The summed E-state index contributed by atoms with van der Waals surface area (Å²) in [6.07, 6.45) is 5.93.